The highest BCUT2D eigenvalue weighted by atomic mass is 16.3. The van der Waals surface area contributed by atoms with E-state index in [-0.39, 0.29) is 17.9 Å². The molecule has 1 aromatic rings. The molecule has 1 fully saturated rings. The van der Waals surface area contributed by atoms with Crippen LogP contribution in [0.25, 0.3) is 0 Å². The van der Waals surface area contributed by atoms with Gasteiger partial charge in [-0.25, -0.2) is 9.69 Å². The van der Waals surface area contributed by atoms with E-state index in [1.165, 1.54) is 6.26 Å². The Labute approximate surface area is 99.3 Å². The molecule has 1 heterocycles. The number of carbonyl (C=O) groups excluding carboxylic acids is 1. The monoisotopic (exact) mass is 236 g/mol. The van der Waals surface area contributed by atoms with Crippen molar-refractivity contribution in [2.75, 3.05) is 4.90 Å². The summed E-state index contributed by atoms with van der Waals surface area (Å²) in [5.41, 5.74) is 5.39. The number of hydrogen-bond donors (Lipinski definition) is 3. The summed E-state index contributed by atoms with van der Waals surface area (Å²) >= 11 is 0. The second kappa shape index (κ2) is 4.90. The van der Waals surface area contributed by atoms with Crippen molar-refractivity contribution in [1.29, 1.82) is 5.41 Å². The van der Waals surface area contributed by atoms with Gasteiger partial charge in [0.1, 0.15) is 0 Å². The number of hydrogen-bond acceptors (Lipinski definition) is 3. The molecule has 0 atom stereocenters. The lowest BCUT2D eigenvalue weighted by Crippen LogP contribution is -2.49. The van der Waals surface area contributed by atoms with E-state index >= 15 is 0 Å². The predicted octanol–water partition coefficient (Wildman–Crippen LogP) is 1.63. The molecule has 0 aromatic carbocycles. The SMILES string of the molecule is N=C(N)N(C(=O)NC1CCCC1)c1ccco1. The molecule has 92 valence electrons. The van der Waals surface area contributed by atoms with Crippen LogP contribution in [0, 0.1) is 5.41 Å². The van der Waals surface area contributed by atoms with Gasteiger partial charge in [0, 0.05) is 12.1 Å². The average molecular weight is 236 g/mol. The van der Waals surface area contributed by atoms with Gasteiger partial charge in [-0.05, 0) is 18.9 Å². The first-order chi connectivity index (χ1) is 8.18. The standard InChI is InChI=1S/C11H16N4O2/c12-10(13)15(9-6-3-7-17-9)11(16)14-8-4-1-2-5-8/h3,6-8H,1-2,4-5H2,(H3,12,13)(H,14,16). The molecular formula is C11H16N4O2. The third-order valence-electron chi connectivity index (χ3n) is 2.85. The second-order valence-electron chi connectivity index (χ2n) is 4.10. The molecule has 0 radical (unpaired) electrons. The van der Waals surface area contributed by atoms with Crippen LogP contribution >= 0.6 is 0 Å². The van der Waals surface area contributed by atoms with Crippen molar-refractivity contribution in [1.82, 2.24) is 5.32 Å². The van der Waals surface area contributed by atoms with E-state index in [0.29, 0.717) is 0 Å². The first-order valence-electron chi connectivity index (χ1n) is 5.66. The van der Waals surface area contributed by atoms with Crippen molar-refractivity contribution in [3.63, 3.8) is 0 Å². The largest absolute Gasteiger partial charge is 0.448 e. The van der Waals surface area contributed by atoms with E-state index < -0.39 is 6.03 Å². The van der Waals surface area contributed by atoms with Crippen molar-refractivity contribution < 1.29 is 9.21 Å². The molecule has 0 saturated heterocycles. The quantitative estimate of drug-likeness (QED) is 0.538. The third-order valence-corrected chi connectivity index (χ3v) is 2.85. The molecule has 0 aliphatic heterocycles. The van der Waals surface area contributed by atoms with E-state index in [0.717, 1.165) is 30.6 Å². The molecule has 0 bridgehead atoms. The van der Waals surface area contributed by atoms with E-state index in [9.17, 15) is 4.79 Å². The van der Waals surface area contributed by atoms with Crippen LogP contribution < -0.4 is 16.0 Å². The maximum Gasteiger partial charge on any atom is 0.331 e. The second-order valence-corrected chi connectivity index (χ2v) is 4.10. The molecule has 1 aliphatic rings. The van der Waals surface area contributed by atoms with Crippen molar-refractivity contribution in [2.24, 2.45) is 5.73 Å². The lowest BCUT2D eigenvalue weighted by atomic mass is 10.2. The highest BCUT2D eigenvalue weighted by Gasteiger charge is 2.25. The normalized spacial score (nSPS) is 15.8. The van der Waals surface area contributed by atoms with Gasteiger partial charge in [0.2, 0.25) is 11.8 Å². The first-order valence-corrected chi connectivity index (χ1v) is 5.66. The summed E-state index contributed by atoms with van der Waals surface area (Å²) in [6.45, 7) is 0. The summed E-state index contributed by atoms with van der Waals surface area (Å²) in [5.74, 6) is -0.0940. The van der Waals surface area contributed by atoms with Crippen LogP contribution in [0.15, 0.2) is 22.8 Å². The minimum atomic E-state index is -0.403. The predicted molar refractivity (Wildman–Crippen MR) is 63.9 cm³/mol. The summed E-state index contributed by atoms with van der Waals surface area (Å²) in [6.07, 6.45) is 5.66. The van der Waals surface area contributed by atoms with Gasteiger partial charge < -0.3 is 15.5 Å². The number of guanidine groups is 1. The van der Waals surface area contributed by atoms with Crippen LogP contribution in [0.4, 0.5) is 10.7 Å². The first kappa shape index (κ1) is 11.5. The van der Waals surface area contributed by atoms with Gasteiger partial charge in [0.25, 0.3) is 0 Å². The summed E-state index contributed by atoms with van der Waals surface area (Å²) in [7, 11) is 0. The maximum absolute atomic E-state index is 12.0. The van der Waals surface area contributed by atoms with E-state index in [4.69, 9.17) is 15.6 Å². The smallest absolute Gasteiger partial charge is 0.331 e. The Morgan fingerprint density at radius 3 is 2.76 bits per heavy atom. The minimum Gasteiger partial charge on any atom is -0.448 e. The highest BCUT2D eigenvalue weighted by molar-refractivity contribution is 6.12. The Hall–Kier alpha value is -1.98. The highest BCUT2D eigenvalue weighted by Crippen LogP contribution is 2.19. The number of urea groups is 1. The lowest BCUT2D eigenvalue weighted by molar-refractivity contribution is 0.244. The number of anilines is 1. The molecule has 1 aliphatic carbocycles. The summed E-state index contributed by atoms with van der Waals surface area (Å²) in [4.78, 5) is 13.0. The molecule has 6 heteroatoms. The third kappa shape index (κ3) is 2.58. The van der Waals surface area contributed by atoms with Crippen LogP contribution in [-0.4, -0.2) is 18.0 Å². The molecule has 0 unspecified atom stereocenters. The van der Waals surface area contributed by atoms with Gasteiger partial charge in [-0.3, -0.25) is 5.41 Å². The Morgan fingerprint density at radius 2 is 2.24 bits per heavy atom. The van der Waals surface area contributed by atoms with E-state index in [1.807, 2.05) is 0 Å². The fourth-order valence-electron chi connectivity index (χ4n) is 2.03. The zero-order valence-corrected chi connectivity index (χ0v) is 9.48. The van der Waals surface area contributed by atoms with Crippen molar-refractivity contribution >= 4 is 17.9 Å². The zero-order valence-electron chi connectivity index (χ0n) is 9.48. The van der Waals surface area contributed by atoms with Gasteiger partial charge in [-0.1, -0.05) is 12.8 Å². The van der Waals surface area contributed by atoms with Crippen LogP contribution in [0.5, 0.6) is 0 Å². The number of rotatable bonds is 2. The van der Waals surface area contributed by atoms with Crippen LogP contribution in [0.3, 0.4) is 0 Å². The molecule has 17 heavy (non-hydrogen) atoms. The number of carbonyl (C=O) groups is 1. The number of nitrogens with zero attached hydrogens (tertiary/aromatic N) is 1. The van der Waals surface area contributed by atoms with Gasteiger partial charge in [-0.15, -0.1) is 0 Å². The molecule has 2 rings (SSSR count). The fraction of sp³-hybridized carbons (Fsp3) is 0.455. The van der Waals surface area contributed by atoms with E-state index in [1.54, 1.807) is 12.1 Å². The number of nitrogens with two attached hydrogens (primary N) is 1. The Kier molecular flexibility index (Phi) is 3.32. The number of amides is 2. The van der Waals surface area contributed by atoms with Crippen LogP contribution in [0.1, 0.15) is 25.7 Å². The zero-order chi connectivity index (χ0) is 12.3. The van der Waals surface area contributed by atoms with Gasteiger partial charge in [0.05, 0.1) is 6.26 Å². The Bertz CT molecular complexity index is 396. The molecule has 4 N–H and O–H groups in total. The van der Waals surface area contributed by atoms with Gasteiger partial charge >= 0.3 is 6.03 Å². The summed E-state index contributed by atoms with van der Waals surface area (Å²) in [5, 5.41) is 10.3. The van der Waals surface area contributed by atoms with Gasteiger partial charge in [-0.2, -0.15) is 0 Å². The fourth-order valence-corrected chi connectivity index (χ4v) is 2.03. The molecule has 2 amide bonds. The molecule has 1 saturated carbocycles. The molecule has 1 aromatic heterocycles. The average Bonchev–Trinajstić information content (AvgIpc) is 2.89. The van der Waals surface area contributed by atoms with Gasteiger partial charge in [0.15, 0.2) is 0 Å². The number of nitrogens with one attached hydrogen (secondary N) is 2. The summed E-state index contributed by atoms with van der Waals surface area (Å²) < 4.78 is 5.09. The van der Waals surface area contributed by atoms with Crippen molar-refractivity contribution in [3.8, 4) is 0 Å². The lowest BCUT2D eigenvalue weighted by Gasteiger charge is -2.20. The topological polar surface area (TPSA) is 95.4 Å². The van der Waals surface area contributed by atoms with Crippen LogP contribution in [-0.2, 0) is 0 Å². The summed E-state index contributed by atoms with van der Waals surface area (Å²) in [6, 6.07) is 3.02. The minimum absolute atomic E-state index is 0.180. The maximum atomic E-state index is 12.0. The Morgan fingerprint density at radius 1 is 1.53 bits per heavy atom. The molecule has 6 nitrogen and oxygen atoms in total. The number of furan rings is 1. The molecular weight excluding hydrogens is 220 g/mol. The van der Waals surface area contributed by atoms with Crippen molar-refractivity contribution in [2.45, 2.75) is 31.7 Å². The van der Waals surface area contributed by atoms with Crippen molar-refractivity contribution in [3.05, 3.63) is 18.4 Å². The van der Waals surface area contributed by atoms with Crippen LogP contribution in [0.2, 0.25) is 0 Å². The Balaban J connectivity index is 2.05. The van der Waals surface area contributed by atoms with E-state index in [2.05, 4.69) is 5.32 Å². The molecule has 0 spiro atoms.